The van der Waals surface area contributed by atoms with E-state index in [0.717, 1.165) is 22.7 Å². The number of nitrogens with one attached hydrogen (secondary N) is 1. The molecule has 122 valence electrons. The number of aryl methyl sites for hydroxylation is 1. The highest BCUT2D eigenvalue weighted by Crippen LogP contribution is 2.09. The molecule has 0 saturated carbocycles. The number of benzene rings is 3. The van der Waals surface area contributed by atoms with E-state index in [9.17, 15) is 0 Å². The van der Waals surface area contributed by atoms with Crippen molar-refractivity contribution in [2.45, 2.75) is 6.92 Å². The summed E-state index contributed by atoms with van der Waals surface area (Å²) < 4.78 is 4.03. The van der Waals surface area contributed by atoms with Gasteiger partial charge in [-0.2, -0.15) is 9.67 Å². The lowest BCUT2D eigenvalue weighted by Crippen LogP contribution is -2.45. The Labute approximate surface area is 146 Å². The summed E-state index contributed by atoms with van der Waals surface area (Å²) in [7, 11) is 0. The van der Waals surface area contributed by atoms with Crippen LogP contribution in [0.3, 0.4) is 0 Å². The van der Waals surface area contributed by atoms with Crippen molar-refractivity contribution in [1.29, 1.82) is 0 Å². The monoisotopic (exact) mass is 327 g/mol. The normalized spacial score (nSPS) is 11.6. The molecule has 0 spiro atoms. The van der Waals surface area contributed by atoms with Crippen LogP contribution in [-0.4, -0.2) is 9.78 Å². The standard InChI is InChI=1S/C21H19N4/c1-17-12-14-20(15-13-17)25-16-24(19-10-6-3-7-11-19)21(23-25)22-18-8-4-2-5-9-18/h2-16H,1H3,(H,22,23)/q+1. The van der Waals surface area contributed by atoms with Crippen LogP contribution in [0.2, 0.25) is 0 Å². The molecule has 1 N–H and O–H groups in total. The SMILES string of the molecule is Cc1ccc(-n2c[n+](-c3ccccc3)/c(=N\c3ccccc3)[nH]2)cc1. The molecule has 1 heterocycles. The quantitative estimate of drug-likeness (QED) is 0.558. The van der Waals surface area contributed by atoms with Gasteiger partial charge in [0.2, 0.25) is 6.33 Å². The lowest BCUT2D eigenvalue weighted by atomic mass is 10.2. The summed E-state index contributed by atoms with van der Waals surface area (Å²) in [5, 5.41) is 3.38. The number of aromatic amines is 1. The third kappa shape index (κ3) is 3.28. The molecule has 0 fully saturated rings. The van der Waals surface area contributed by atoms with Crippen molar-refractivity contribution in [2.24, 2.45) is 4.99 Å². The van der Waals surface area contributed by atoms with Crippen molar-refractivity contribution in [3.05, 3.63) is 102 Å². The minimum atomic E-state index is 0.762. The Balaban J connectivity index is 1.89. The van der Waals surface area contributed by atoms with E-state index in [1.165, 1.54) is 5.56 Å². The Morgan fingerprint density at radius 1 is 0.800 bits per heavy atom. The van der Waals surface area contributed by atoms with Gasteiger partial charge in [-0.1, -0.05) is 54.1 Å². The Morgan fingerprint density at radius 3 is 2.12 bits per heavy atom. The van der Waals surface area contributed by atoms with Gasteiger partial charge in [-0.25, -0.2) is 0 Å². The zero-order valence-electron chi connectivity index (χ0n) is 14.0. The van der Waals surface area contributed by atoms with Crippen molar-refractivity contribution in [2.75, 3.05) is 0 Å². The predicted octanol–water partition coefficient (Wildman–Crippen LogP) is 3.62. The third-order valence-corrected chi connectivity index (χ3v) is 4.02. The first-order chi connectivity index (χ1) is 12.3. The maximum Gasteiger partial charge on any atom is 0.382 e. The van der Waals surface area contributed by atoms with E-state index in [1.54, 1.807) is 0 Å². The molecule has 0 bridgehead atoms. The molecule has 4 aromatic rings. The number of H-pyrrole nitrogens is 1. The molecule has 0 amide bonds. The van der Waals surface area contributed by atoms with Gasteiger partial charge < -0.3 is 0 Å². The molecule has 4 heteroatoms. The van der Waals surface area contributed by atoms with Gasteiger partial charge in [0.15, 0.2) is 0 Å². The smallest absolute Gasteiger partial charge is 0.193 e. The second-order valence-electron chi connectivity index (χ2n) is 5.91. The first-order valence-corrected chi connectivity index (χ1v) is 8.25. The summed E-state index contributed by atoms with van der Waals surface area (Å²) in [6, 6.07) is 28.5. The minimum Gasteiger partial charge on any atom is -0.193 e. The molecule has 4 nitrogen and oxygen atoms in total. The number of para-hydroxylation sites is 2. The molecule has 1 aromatic heterocycles. The van der Waals surface area contributed by atoms with Crippen molar-refractivity contribution >= 4 is 5.69 Å². The van der Waals surface area contributed by atoms with Crippen LogP contribution in [0.15, 0.2) is 96.2 Å². The molecule has 0 atom stereocenters. The Morgan fingerprint density at radius 2 is 1.44 bits per heavy atom. The first-order valence-electron chi connectivity index (χ1n) is 8.25. The Bertz CT molecular complexity index is 1030. The number of rotatable bonds is 3. The van der Waals surface area contributed by atoms with Gasteiger partial charge in [0.25, 0.3) is 0 Å². The molecule has 4 rings (SSSR count). The molecule has 3 aromatic carbocycles. The van der Waals surface area contributed by atoms with Crippen LogP contribution < -0.4 is 10.2 Å². The second kappa shape index (κ2) is 6.61. The van der Waals surface area contributed by atoms with Crippen molar-refractivity contribution in [3.8, 4) is 11.4 Å². The summed E-state index contributed by atoms with van der Waals surface area (Å²) in [6.07, 6.45) is 2.02. The number of aromatic nitrogens is 3. The van der Waals surface area contributed by atoms with Crippen molar-refractivity contribution < 1.29 is 4.57 Å². The van der Waals surface area contributed by atoms with Crippen molar-refractivity contribution in [1.82, 2.24) is 9.78 Å². The van der Waals surface area contributed by atoms with Gasteiger partial charge >= 0.3 is 5.62 Å². The Kier molecular flexibility index (Phi) is 4.01. The molecular formula is C21H19N4+. The molecule has 0 aliphatic heterocycles. The summed E-state index contributed by atoms with van der Waals surface area (Å²) in [6.45, 7) is 2.09. The largest absolute Gasteiger partial charge is 0.382 e. The van der Waals surface area contributed by atoms with Gasteiger partial charge in [-0.05, 0) is 43.3 Å². The van der Waals surface area contributed by atoms with Crippen LogP contribution in [0, 0.1) is 6.92 Å². The van der Waals surface area contributed by atoms with E-state index in [0.29, 0.717) is 0 Å². The second-order valence-corrected chi connectivity index (χ2v) is 5.91. The fraction of sp³-hybridized carbons (Fsp3) is 0.0476. The van der Waals surface area contributed by atoms with Gasteiger partial charge in [0, 0.05) is 0 Å². The number of hydrogen-bond acceptors (Lipinski definition) is 1. The molecule has 0 aliphatic rings. The average molecular weight is 327 g/mol. The van der Waals surface area contributed by atoms with Gasteiger partial charge in [0.05, 0.1) is 5.69 Å². The van der Waals surface area contributed by atoms with Crippen LogP contribution in [0.25, 0.3) is 11.4 Å². The molecular weight excluding hydrogens is 308 g/mol. The van der Waals surface area contributed by atoms with Gasteiger partial charge in [0.1, 0.15) is 11.4 Å². The maximum absolute atomic E-state index is 4.77. The summed E-state index contributed by atoms with van der Waals surface area (Å²) in [4.78, 5) is 4.77. The van der Waals surface area contributed by atoms with Crippen LogP contribution in [0.5, 0.6) is 0 Å². The molecule has 0 aliphatic carbocycles. The topological polar surface area (TPSA) is 37.0 Å². The van der Waals surface area contributed by atoms with Gasteiger partial charge in [-0.15, -0.1) is 9.67 Å². The van der Waals surface area contributed by atoms with Crippen LogP contribution in [0.4, 0.5) is 5.69 Å². The molecule has 0 unspecified atom stereocenters. The summed E-state index contributed by atoms with van der Waals surface area (Å²) >= 11 is 0. The third-order valence-electron chi connectivity index (χ3n) is 4.02. The zero-order valence-corrected chi connectivity index (χ0v) is 14.0. The Hall–Kier alpha value is -3.40. The fourth-order valence-corrected chi connectivity index (χ4v) is 2.68. The minimum absolute atomic E-state index is 0.762. The van der Waals surface area contributed by atoms with E-state index >= 15 is 0 Å². The average Bonchev–Trinajstić information content (AvgIpc) is 3.08. The first kappa shape index (κ1) is 15.1. The van der Waals surface area contributed by atoms with E-state index in [4.69, 9.17) is 4.99 Å². The molecule has 0 saturated heterocycles. The zero-order chi connectivity index (χ0) is 17.1. The maximum atomic E-state index is 4.77. The lowest BCUT2D eigenvalue weighted by molar-refractivity contribution is -0.613. The van der Waals surface area contributed by atoms with Crippen LogP contribution >= 0.6 is 0 Å². The van der Waals surface area contributed by atoms with Gasteiger partial charge in [-0.3, -0.25) is 0 Å². The van der Waals surface area contributed by atoms with E-state index < -0.39 is 0 Å². The molecule has 0 radical (unpaired) electrons. The van der Waals surface area contributed by atoms with E-state index in [2.05, 4.69) is 48.4 Å². The van der Waals surface area contributed by atoms with E-state index in [1.807, 2.05) is 64.1 Å². The summed E-state index contributed by atoms with van der Waals surface area (Å²) in [5.74, 6) is 0. The highest BCUT2D eigenvalue weighted by molar-refractivity contribution is 5.35. The summed E-state index contributed by atoms with van der Waals surface area (Å²) in [5.41, 5.74) is 5.02. The lowest BCUT2D eigenvalue weighted by Gasteiger charge is -1.97. The highest BCUT2D eigenvalue weighted by atomic mass is 15.4. The number of hydrogen-bond donors (Lipinski definition) is 1. The highest BCUT2D eigenvalue weighted by Gasteiger charge is 2.12. The fourth-order valence-electron chi connectivity index (χ4n) is 2.68. The predicted molar refractivity (Wildman–Crippen MR) is 98.1 cm³/mol. The van der Waals surface area contributed by atoms with Crippen LogP contribution in [0.1, 0.15) is 5.56 Å². The van der Waals surface area contributed by atoms with E-state index in [-0.39, 0.29) is 0 Å². The molecule has 25 heavy (non-hydrogen) atoms. The van der Waals surface area contributed by atoms with Crippen LogP contribution in [-0.2, 0) is 0 Å². The number of nitrogens with zero attached hydrogens (tertiary/aromatic N) is 3. The van der Waals surface area contributed by atoms with Crippen molar-refractivity contribution in [3.63, 3.8) is 0 Å².